The molecular formula is C28H24N2O6. The number of pyridine rings is 1. The second kappa shape index (κ2) is 10.4. The van der Waals surface area contributed by atoms with Crippen molar-refractivity contribution in [3.05, 3.63) is 78.4 Å². The van der Waals surface area contributed by atoms with E-state index in [0.717, 1.165) is 5.56 Å². The molecule has 0 saturated carbocycles. The lowest BCUT2D eigenvalue weighted by molar-refractivity contribution is -0.118. The number of fused-ring (bicyclic) bond motifs is 2. The Morgan fingerprint density at radius 1 is 0.944 bits per heavy atom. The van der Waals surface area contributed by atoms with Crippen molar-refractivity contribution in [2.45, 2.75) is 6.92 Å². The van der Waals surface area contributed by atoms with Crippen LogP contribution in [0.15, 0.2) is 72.8 Å². The highest BCUT2D eigenvalue weighted by Gasteiger charge is 2.16. The van der Waals surface area contributed by atoms with E-state index in [1.807, 2.05) is 30.3 Å². The summed E-state index contributed by atoms with van der Waals surface area (Å²) >= 11 is 0. The molecule has 5 rings (SSSR count). The third kappa shape index (κ3) is 5.07. The molecule has 0 saturated heterocycles. The van der Waals surface area contributed by atoms with Crippen LogP contribution in [0.3, 0.4) is 0 Å². The van der Waals surface area contributed by atoms with Gasteiger partial charge >= 0.3 is 5.97 Å². The number of aromatic nitrogens is 1. The van der Waals surface area contributed by atoms with Gasteiger partial charge in [0, 0.05) is 28.8 Å². The first-order chi connectivity index (χ1) is 17.6. The Morgan fingerprint density at radius 2 is 1.75 bits per heavy atom. The lowest BCUT2D eigenvalue weighted by atomic mass is 10.1. The molecule has 1 aromatic heterocycles. The molecule has 0 atom stereocenters. The fourth-order valence-electron chi connectivity index (χ4n) is 3.87. The summed E-state index contributed by atoms with van der Waals surface area (Å²) in [4.78, 5) is 29.7. The second-order valence-corrected chi connectivity index (χ2v) is 8.02. The number of hydrogen-bond acceptors (Lipinski definition) is 7. The highest BCUT2D eigenvalue weighted by molar-refractivity contribution is 5.97. The van der Waals surface area contributed by atoms with E-state index in [2.05, 4.69) is 5.32 Å². The van der Waals surface area contributed by atoms with Gasteiger partial charge in [0.1, 0.15) is 19.0 Å². The molecule has 0 aliphatic carbocycles. The number of hydrogen-bond donors (Lipinski definition) is 1. The summed E-state index contributed by atoms with van der Waals surface area (Å²) in [7, 11) is 0. The maximum absolute atomic E-state index is 12.7. The van der Waals surface area contributed by atoms with Crippen molar-refractivity contribution in [3.63, 3.8) is 0 Å². The van der Waals surface area contributed by atoms with Gasteiger partial charge in [0.25, 0.3) is 5.91 Å². The number of nitrogens with zero attached hydrogens (tertiary/aromatic N) is 1. The molecule has 3 aromatic carbocycles. The summed E-state index contributed by atoms with van der Waals surface area (Å²) in [6.07, 6.45) is 0. The van der Waals surface area contributed by atoms with Gasteiger partial charge in [-0.05, 0) is 37.3 Å². The van der Waals surface area contributed by atoms with E-state index in [4.69, 9.17) is 23.9 Å². The van der Waals surface area contributed by atoms with Crippen molar-refractivity contribution in [1.29, 1.82) is 0 Å². The molecule has 36 heavy (non-hydrogen) atoms. The molecule has 8 heteroatoms. The Bertz CT molecular complexity index is 1420. The lowest BCUT2D eigenvalue weighted by Crippen LogP contribution is -2.21. The van der Waals surface area contributed by atoms with Crippen LogP contribution >= 0.6 is 0 Å². The quantitative estimate of drug-likeness (QED) is 0.374. The van der Waals surface area contributed by atoms with Crippen LogP contribution in [0, 0.1) is 0 Å². The van der Waals surface area contributed by atoms with Gasteiger partial charge in [-0.15, -0.1) is 0 Å². The molecule has 1 N–H and O–H groups in total. The van der Waals surface area contributed by atoms with Gasteiger partial charge in [0.05, 0.1) is 23.4 Å². The zero-order valence-corrected chi connectivity index (χ0v) is 19.7. The van der Waals surface area contributed by atoms with E-state index in [9.17, 15) is 9.59 Å². The van der Waals surface area contributed by atoms with Crippen LogP contribution in [0.2, 0.25) is 0 Å². The highest BCUT2D eigenvalue weighted by Crippen LogP contribution is 2.33. The summed E-state index contributed by atoms with van der Waals surface area (Å²) in [5.41, 5.74) is 3.17. The third-order valence-electron chi connectivity index (χ3n) is 5.54. The minimum atomic E-state index is -0.436. The second-order valence-electron chi connectivity index (χ2n) is 8.02. The maximum Gasteiger partial charge on any atom is 0.338 e. The van der Waals surface area contributed by atoms with Crippen molar-refractivity contribution in [1.82, 2.24) is 4.98 Å². The maximum atomic E-state index is 12.7. The van der Waals surface area contributed by atoms with E-state index in [1.165, 1.54) is 0 Å². The number of carbonyl (C=O) groups excluding carboxylic acids is 2. The Kier molecular flexibility index (Phi) is 6.66. The van der Waals surface area contributed by atoms with Gasteiger partial charge in [-0.3, -0.25) is 4.79 Å². The monoisotopic (exact) mass is 484 g/mol. The fraction of sp³-hybridized carbons (Fsp3) is 0.179. The van der Waals surface area contributed by atoms with E-state index in [0.29, 0.717) is 58.3 Å². The molecule has 8 nitrogen and oxygen atoms in total. The summed E-state index contributed by atoms with van der Waals surface area (Å²) in [5, 5.41) is 3.42. The number of amides is 1. The van der Waals surface area contributed by atoms with Crippen molar-refractivity contribution in [2.75, 3.05) is 31.7 Å². The predicted molar refractivity (Wildman–Crippen MR) is 135 cm³/mol. The molecule has 0 fully saturated rings. The Morgan fingerprint density at radius 3 is 2.56 bits per heavy atom. The van der Waals surface area contributed by atoms with Crippen molar-refractivity contribution in [3.8, 4) is 28.5 Å². The number of benzene rings is 3. The number of ether oxygens (including phenoxy) is 4. The normalized spacial score (nSPS) is 12.1. The number of anilines is 1. The molecule has 2 heterocycles. The summed E-state index contributed by atoms with van der Waals surface area (Å²) in [6.45, 7) is 2.73. The van der Waals surface area contributed by atoms with Gasteiger partial charge < -0.3 is 24.3 Å². The first-order valence-electron chi connectivity index (χ1n) is 11.6. The zero-order chi connectivity index (χ0) is 24.9. The largest absolute Gasteiger partial charge is 0.486 e. The van der Waals surface area contributed by atoms with Crippen molar-refractivity contribution >= 4 is 28.5 Å². The first kappa shape index (κ1) is 23.2. The van der Waals surface area contributed by atoms with Gasteiger partial charge in [-0.2, -0.15) is 0 Å². The topological polar surface area (TPSA) is 96.0 Å². The summed E-state index contributed by atoms with van der Waals surface area (Å²) in [5.74, 6) is 0.874. The van der Waals surface area contributed by atoms with Gasteiger partial charge in [0.2, 0.25) is 0 Å². The van der Waals surface area contributed by atoms with Crippen LogP contribution in [-0.4, -0.2) is 43.3 Å². The Hall–Kier alpha value is -4.59. The third-order valence-corrected chi connectivity index (χ3v) is 5.54. The van der Waals surface area contributed by atoms with Crippen LogP contribution in [0.4, 0.5) is 5.69 Å². The summed E-state index contributed by atoms with van der Waals surface area (Å²) < 4.78 is 22.2. The number of nitrogens with one attached hydrogen (secondary N) is 1. The van der Waals surface area contributed by atoms with Crippen LogP contribution in [0.1, 0.15) is 17.3 Å². The van der Waals surface area contributed by atoms with Gasteiger partial charge in [0.15, 0.2) is 18.1 Å². The molecular weight excluding hydrogens is 460 g/mol. The van der Waals surface area contributed by atoms with Gasteiger partial charge in [-0.25, -0.2) is 9.78 Å². The van der Waals surface area contributed by atoms with Crippen LogP contribution in [0.5, 0.6) is 17.2 Å². The van der Waals surface area contributed by atoms with E-state index >= 15 is 0 Å². The number of rotatable bonds is 7. The number of carbonyl (C=O) groups is 2. The molecule has 0 unspecified atom stereocenters. The lowest BCUT2D eigenvalue weighted by Gasteiger charge is -2.19. The highest BCUT2D eigenvalue weighted by atomic mass is 16.6. The summed E-state index contributed by atoms with van der Waals surface area (Å²) in [6, 6.07) is 21.7. The first-order valence-corrected chi connectivity index (χ1v) is 11.6. The minimum Gasteiger partial charge on any atom is -0.486 e. The molecule has 4 aromatic rings. The van der Waals surface area contributed by atoms with Crippen LogP contribution in [-0.2, 0) is 9.53 Å². The fourth-order valence-corrected chi connectivity index (χ4v) is 3.87. The average molecular weight is 485 g/mol. The standard InChI is InChI=1S/C28H24N2O6/c1-2-33-28(32)19-8-10-22-21(14-19)25(16-23(30-22)18-6-4-3-5-7-18)36-17-27(31)29-20-9-11-24-26(15-20)35-13-12-34-24/h3-11,14-16H,2,12-13,17H2,1H3,(H,29,31). The van der Waals surface area contributed by atoms with Crippen molar-refractivity contribution in [2.24, 2.45) is 0 Å². The zero-order valence-electron chi connectivity index (χ0n) is 19.7. The molecule has 0 spiro atoms. The van der Waals surface area contributed by atoms with E-state index in [1.54, 1.807) is 49.4 Å². The van der Waals surface area contributed by atoms with Crippen LogP contribution in [0.25, 0.3) is 22.2 Å². The minimum absolute atomic E-state index is 0.245. The molecule has 0 bridgehead atoms. The Labute approximate surface area is 207 Å². The Balaban J connectivity index is 1.41. The predicted octanol–water partition coefficient (Wildman–Crippen LogP) is 4.87. The van der Waals surface area contributed by atoms with Crippen molar-refractivity contribution < 1.29 is 28.5 Å². The molecule has 0 radical (unpaired) electrons. The molecule has 182 valence electrons. The van der Waals surface area contributed by atoms with E-state index in [-0.39, 0.29) is 19.1 Å². The average Bonchev–Trinajstić information content (AvgIpc) is 2.92. The van der Waals surface area contributed by atoms with E-state index < -0.39 is 5.97 Å². The number of esters is 1. The molecule has 1 aliphatic heterocycles. The SMILES string of the molecule is CCOC(=O)c1ccc2nc(-c3ccccc3)cc(OCC(=O)Nc3ccc4c(c3)OCCO4)c2c1. The molecule has 1 aliphatic rings. The molecule has 1 amide bonds. The smallest absolute Gasteiger partial charge is 0.338 e. The van der Waals surface area contributed by atoms with Crippen LogP contribution < -0.4 is 19.5 Å². The van der Waals surface area contributed by atoms with Gasteiger partial charge in [-0.1, -0.05) is 30.3 Å².